The molecule has 0 saturated heterocycles. The minimum Gasteiger partial charge on any atom is -0.160 e. The van der Waals surface area contributed by atoms with Gasteiger partial charge in [0.05, 0.1) is 0 Å². The number of hydrogen-bond acceptors (Lipinski definition) is 1. The summed E-state index contributed by atoms with van der Waals surface area (Å²) in [6, 6.07) is 4.89. The molecule has 1 rings (SSSR count). The topological polar surface area (TPSA) is 0 Å². The van der Waals surface area contributed by atoms with Crippen LogP contribution in [0, 0.1) is 3.57 Å². The van der Waals surface area contributed by atoms with Gasteiger partial charge in [-0.15, -0.1) is 0 Å². The molecule has 0 radical (unpaired) electrons. The summed E-state index contributed by atoms with van der Waals surface area (Å²) >= 11 is 5.34. The number of thioether (sulfide) groups is 1. The molecule has 0 saturated carbocycles. The lowest BCUT2D eigenvalue weighted by Crippen LogP contribution is -1.99. The van der Waals surface area contributed by atoms with E-state index in [4.69, 9.17) is 0 Å². The van der Waals surface area contributed by atoms with Crippen LogP contribution in [0.25, 0.3) is 0 Å². The molecule has 0 aliphatic rings. The van der Waals surface area contributed by atoms with E-state index in [0.717, 1.165) is 27.3 Å². The molecule has 1 aromatic rings. The first-order chi connectivity index (χ1) is 7.42. The van der Waals surface area contributed by atoms with Gasteiger partial charge < -0.3 is 0 Å². The molecule has 0 spiro atoms. The lowest BCUT2D eigenvalue weighted by molar-refractivity contribution is -0.0328. The van der Waals surface area contributed by atoms with Gasteiger partial charge in [0.15, 0.2) is 0 Å². The zero-order valence-electron chi connectivity index (χ0n) is 8.15. The normalized spacial score (nSPS) is 11.8. The molecule has 0 N–H and O–H groups in total. The van der Waals surface area contributed by atoms with Crippen LogP contribution < -0.4 is 0 Å². The van der Waals surface area contributed by atoms with E-state index < -0.39 is 5.51 Å². The van der Waals surface area contributed by atoms with Crippen LogP contribution in [0.2, 0.25) is 0 Å². The van der Waals surface area contributed by atoms with Crippen molar-refractivity contribution < 1.29 is 13.2 Å². The average molecular weight is 425 g/mol. The molecule has 0 fully saturated rings. The minimum absolute atomic E-state index is 0.0666. The van der Waals surface area contributed by atoms with Crippen LogP contribution in [0.5, 0.6) is 0 Å². The maximum absolute atomic E-state index is 12.1. The van der Waals surface area contributed by atoms with E-state index in [1.807, 2.05) is 0 Å². The van der Waals surface area contributed by atoms with E-state index in [2.05, 4.69) is 38.5 Å². The van der Waals surface area contributed by atoms with Gasteiger partial charge >= 0.3 is 5.51 Å². The fourth-order valence-electron chi connectivity index (χ4n) is 1.19. The van der Waals surface area contributed by atoms with Crippen LogP contribution in [-0.4, -0.2) is 10.8 Å². The van der Waals surface area contributed by atoms with Crippen molar-refractivity contribution in [1.82, 2.24) is 0 Å². The molecule has 0 atom stereocenters. The lowest BCUT2D eigenvalue weighted by atomic mass is 10.1. The summed E-state index contributed by atoms with van der Waals surface area (Å²) in [4.78, 5) is 0.250. The van der Waals surface area contributed by atoms with E-state index in [9.17, 15) is 13.2 Å². The first-order valence-corrected chi connectivity index (χ1v) is 7.54. The third-order valence-corrected chi connectivity index (χ3v) is 4.12. The van der Waals surface area contributed by atoms with Gasteiger partial charge in [-0.05, 0) is 64.9 Å². The fourth-order valence-corrected chi connectivity index (χ4v) is 3.04. The number of aryl methyl sites for hydroxylation is 1. The summed E-state index contributed by atoms with van der Waals surface area (Å²) < 4.78 is 37.3. The molecular weight excluding hydrogens is 416 g/mol. The Morgan fingerprint density at radius 1 is 1.31 bits per heavy atom. The predicted molar refractivity (Wildman–Crippen MR) is 73.2 cm³/mol. The SMILES string of the molecule is FC(F)(F)Sc1ccc(CCCBr)c(I)c1. The van der Waals surface area contributed by atoms with Crippen molar-refractivity contribution in [2.24, 2.45) is 0 Å². The molecule has 0 nitrogen and oxygen atoms in total. The van der Waals surface area contributed by atoms with E-state index in [1.54, 1.807) is 12.1 Å². The van der Waals surface area contributed by atoms with Crippen molar-refractivity contribution in [3.05, 3.63) is 27.3 Å². The molecule has 16 heavy (non-hydrogen) atoms. The minimum atomic E-state index is -4.21. The summed E-state index contributed by atoms with van der Waals surface area (Å²) in [5, 5.41) is 0.905. The third-order valence-electron chi connectivity index (χ3n) is 1.84. The summed E-state index contributed by atoms with van der Waals surface area (Å²) in [6.07, 6.45) is 1.88. The molecule has 90 valence electrons. The van der Waals surface area contributed by atoms with Gasteiger partial charge in [0.1, 0.15) is 0 Å². The smallest absolute Gasteiger partial charge is 0.160 e. The van der Waals surface area contributed by atoms with Gasteiger partial charge in [-0.2, -0.15) is 13.2 Å². The molecule has 0 amide bonds. The standard InChI is InChI=1S/C10H9BrF3IS/c11-5-1-2-7-3-4-8(6-9(7)15)16-10(12,13)14/h3-4,6H,1-2,5H2. The highest BCUT2D eigenvalue weighted by atomic mass is 127. The summed E-state index contributed by atoms with van der Waals surface area (Å²) in [5.41, 5.74) is -3.10. The van der Waals surface area contributed by atoms with Crippen LogP contribution in [-0.2, 0) is 6.42 Å². The first kappa shape index (κ1) is 14.6. The zero-order valence-corrected chi connectivity index (χ0v) is 12.7. The Morgan fingerprint density at radius 2 is 2.00 bits per heavy atom. The summed E-state index contributed by atoms with van der Waals surface area (Å²) in [6.45, 7) is 0. The molecule has 1 aromatic carbocycles. The molecule has 0 heterocycles. The Labute approximate surface area is 119 Å². The van der Waals surface area contributed by atoms with Crippen molar-refractivity contribution in [2.75, 3.05) is 5.33 Å². The third kappa shape index (κ3) is 5.27. The number of rotatable bonds is 4. The van der Waals surface area contributed by atoms with E-state index >= 15 is 0 Å². The Hall–Kier alpha value is 0.570. The van der Waals surface area contributed by atoms with Gasteiger partial charge in [0, 0.05) is 13.8 Å². The second-order valence-corrected chi connectivity index (χ2v) is 6.19. The maximum atomic E-state index is 12.1. The van der Waals surface area contributed by atoms with Gasteiger partial charge in [0.2, 0.25) is 0 Å². The van der Waals surface area contributed by atoms with Gasteiger partial charge in [-0.1, -0.05) is 22.0 Å². The molecule has 0 unspecified atom stereocenters. The number of alkyl halides is 4. The van der Waals surface area contributed by atoms with E-state index in [-0.39, 0.29) is 16.7 Å². The highest BCUT2D eigenvalue weighted by Crippen LogP contribution is 2.37. The molecule has 6 heteroatoms. The highest BCUT2D eigenvalue weighted by molar-refractivity contribution is 14.1. The van der Waals surface area contributed by atoms with Crippen molar-refractivity contribution >= 4 is 50.3 Å². The molecule has 0 aliphatic heterocycles. The average Bonchev–Trinajstić information content (AvgIpc) is 2.14. The second-order valence-electron chi connectivity index (χ2n) is 3.09. The molecule has 0 aromatic heterocycles. The van der Waals surface area contributed by atoms with Crippen molar-refractivity contribution in [3.63, 3.8) is 0 Å². The largest absolute Gasteiger partial charge is 0.446 e. The number of halogens is 5. The van der Waals surface area contributed by atoms with Gasteiger partial charge in [-0.25, -0.2) is 0 Å². The lowest BCUT2D eigenvalue weighted by Gasteiger charge is -2.08. The zero-order chi connectivity index (χ0) is 12.2. The number of hydrogen-bond donors (Lipinski definition) is 0. The van der Waals surface area contributed by atoms with E-state index in [1.165, 1.54) is 6.07 Å². The Kier molecular flexibility index (Phi) is 5.93. The maximum Gasteiger partial charge on any atom is 0.446 e. The van der Waals surface area contributed by atoms with Gasteiger partial charge in [0.25, 0.3) is 0 Å². The van der Waals surface area contributed by atoms with Gasteiger partial charge in [-0.3, -0.25) is 0 Å². The second kappa shape index (κ2) is 6.49. The van der Waals surface area contributed by atoms with Crippen LogP contribution in [0.4, 0.5) is 13.2 Å². The molecular formula is C10H9BrF3IS. The highest BCUT2D eigenvalue weighted by Gasteiger charge is 2.29. The molecule has 0 bridgehead atoms. The van der Waals surface area contributed by atoms with Crippen LogP contribution in [0.3, 0.4) is 0 Å². The van der Waals surface area contributed by atoms with E-state index in [0.29, 0.717) is 0 Å². The van der Waals surface area contributed by atoms with Crippen molar-refractivity contribution in [3.8, 4) is 0 Å². The Morgan fingerprint density at radius 3 is 2.50 bits per heavy atom. The summed E-state index contributed by atoms with van der Waals surface area (Å²) in [5.74, 6) is 0. The molecule has 0 aliphatic carbocycles. The quantitative estimate of drug-likeness (QED) is 0.362. The first-order valence-electron chi connectivity index (χ1n) is 4.52. The predicted octanol–water partition coefficient (Wildman–Crippen LogP) is 5.23. The fraction of sp³-hybridized carbons (Fsp3) is 0.400. The number of benzene rings is 1. The van der Waals surface area contributed by atoms with Crippen LogP contribution >= 0.6 is 50.3 Å². The van der Waals surface area contributed by atoms with Crippen molar-refractivity contribution in [2.45, 2.75) is 23.2 Å². The summed E-state index contributed by atoms with van der Waals surface area (Å²) in [7, 11) is 0. The Balaban J connectivity index is 2.74. The van der Waals surface area contributed by atoms with Crippen LogP contribution in [0.15, 0.2) is 23.1 Å². The monoisotopic (exact) mass is 424 g/mol. The van der Waals surface area contributed by atoms with Crippen LogP contribution in [0.1, 0.15) is 12.0 Å². The Bertz CT molecular complexity index is 354. The van der Waals surface area contributed by atoms with Crippen molar-refractivity contribution in [1.29, 1.82) is 0 Å².